The second kappa shape index (κ2) is 7.95. The largest absolute Gasteiger partial charge is 0.378 e. The van der Waals surface area contributed by atoms with E-state index < -0.39 is 4.92 Å². The molecule has 2 fully saturated rings. The van der Waals surface area contributed by atoms with Crippen LogP contribution in [0.1, 0.15) is 35.1 Å². The smallest absolute Gasteiger partial charge is 0.293 e. The van der Waals surface area contributed by atoms with Gasteiger partial charge >= 0.3 is 0 Å². The average molecular weight is 422 g/mol. The van der Waals surface area contributed by atoms with Crippen LogP contribution in [0, 0.1) is 10.1 Å². The van der Waals surface area contributed by atoms with Crippen molar-refractivity contribution in [1.29, 1.82) is 0 Å². The van der Waals surface area contributed by atoms with Crippen molar-refractivity contribution in [2.24, 2.45) is 0 Å². The number of ether oxygens (including phenoxy) is 1. The minimum Gasteiger partial charge on any atom is -0.378 e. The second-order valence-electron chi connectivity index (χ2n) is 7.70. The summed E-state index contributed by atoms with van der Waals surface area (Å²) in [6.45, 7) is 2.80. The number of nitro benzene ring substituents is 1. The standard InChI is InChI=1S/C21H22N6O4/c28-21(15-6-7-16(18(14-15)27(29)30)24-10-12-31-13-11-24)25-9-3-4-17(25)20-23-22-19-5-1-2-8-26(19)20/h1-2,5-8,14,17H,3-4,9-13H2/t17-/m1/s1. The van der Waals surface area contributed by atoms with E-state index in [1.807, 2.05) is 33.7 Å². The fourth-order valence-electron chi connectivity index (χ4n) is 4.41. The summed E-state index contributed by atoms with van der Waals surface area (Å²) >= 11 is 0. The molecule has 0 aliphatic carbocycles. The summed E-state index contributed by atoms with van der Waals surface area (Å²) in [5.41, 5.74) is 1.49. The van der Waals surface area contributed by atoms with Crippen molar-refractivity contribution in [3.63, 3.8) is 0 Å². The van der Waals surface area contributed by atoms with Crippen LogP contribution < -0.4 is 4.90 Å². The van der Waals surface area contributed by atoms with Crippen LogP contribution in [0.5, 0.6) is 0 Å². The summed E-state index contributed by atoms with van der Waals surface area (Å²) in [7, 11) is 0. The third kappa shape index (κ3) is 3.48. The summed E-state index contributed by atoms with van der Waals surface area (Å²) in [4.78, 5) is 28.4. The van der Waals surface area contributed by atoms with Crippen molar-refractivity contribution in [2.75, 3.05) is 37.7 Å². The van der Waals surface area contributed by atoms with E-state index in [1.165, 1.54) is 6.07 Å². The molecule has 1 atom stereocenters. The maximum Gasteiger partial charge on any atom is 0.293 e. The van der Waals surface area contributed by atoms with E-state index in [2.05, 4.69) is 10.2 Å². The van der Waals surface area contributed by atoms with E-state index in [9.17, 15) is 14.9 Å². The summed E-state index contributed by atoms with van der Waals surface area (Å²) in [6, 6.07) is 10.2. The topological polar surface area (TPSA) is 106 Å². The minimum absolute atomic E-state index is 0.0589. The Bertz CT molecular complexity index is 1140. The first-order valence-electron chi connectivity index (χ1n) is 10.4. The molecule has 5 rings (SSSR count). The highest BCUT2D eigenvalue weighted by molar-refractivity contribution is 5.96. The lowest BCUT2D eigenvalue weighted by Crippen LogP contribution is -2.36. The number of aromatic nitrogens is 3. The molecule has 2 aliphatic rings. The molecule has 1 amide bonds. The number of rotatable bonds is 4. The van der Waals surface area contributed by atoms with Crippen molar-refractivity contribution in [3.05, 3.63) is 64.1 Å². The van der Waals surface area contributed by atoms with E-state index in [0.717, 1.165) is 18.5 Å². The van der Waals surface area contributed by atoms with Gasteiger partial charge in [0.05, 0.1) is 24.2 Å². The first-order valence-corrected chi connectivity index (χ1v) is 10.4. The molecule has 4 heterocycles. The molecular weight excluding hydrogens is 400 g/mol. The van der Waals surface area contributed by atoms with Gasteiger partial charge in [-0.2, -0.15) is 0 Å². The number of morpholine rings is 1. The van der Waals surface area contributed by atoms with Gasteiger partial charge in [0.25, 0.3) is 11.6 Å². The number of carbonyl (C=O) groups excluding carboxylic acids is 1. The molecule has 0 N–H and O–H groups in total. The molecule has 3 aromatic rings. The van der Waals surface area contributed by atoms with Gasteiger partial charge in [-0.15, -0.1) is 10.2 Å². The van der Waals surface area contributed by atoms with Gasteiger partial charge in [-0.3, -0.25) is 19.3 Å². The van der Waals surface area contributed by atoms with Gasteiger partial charge in [0, 0.05) is 37.5 Å². The van der Waals surface area contributed by atoms with E-state index in [1.54, 1.807) is 17.0 Å². The molecule has 0 spiro atoms. The first-order chi connectivity index (χ1) is 15.1. The Balaban J connectivity index is 1.46. The number of carbonyl (C=O) groups is 1. The lowest BCUT2D eigenvalue weighted by molar-refractivity contribution is -0.384. The Hall–Kier alpha value is -3.53. The van der Waals surface area contributed by atoms with Crippen molar-refractivity contribution in [2.45, 2.75) is 18.9 Å². The van der Waals surface area contributed by atoms with Crippen LogP contribution in [0.25, 0.3) is 5.65 Å². The molecule has 0 radical (unpaired) electrons. The number of fused-ring (bicyclic) bond motifs is 1. The minimum atomic E-state index is -0.422. The predicted molar refractivity (Wildman–Crippen MR) is 112 cm³/mol. The van der Waals surface area contributed by atoms with Crippen LogP contribution in [0.3, 0.4) is 0 Å². The summed E-state index contributed by atoms with van der Waals surface area (Å²) in [6.07, 6.45) is 3.50. The zero-order chi connectivity index (χ0) is 21.4. The number of nitrogens with zero attached hydrogens (tertiary/aromatic N) is 6. The molecule has 31 heavy (non-hydrogen) atoms. The van der Waals surface area contributed by atoms with Crippen LogP contribution in [0.15, 0.2) is 42.6 Å². The SMILES string of the molecule is O=C(c1ccc(N2CCOCC2)c([N+](=O)[O-])c1)N1CCC[C@@H]1c1nnc2ccccn12. The monoisotopic (exact) mass is 422 g/mol. The van der Waals surface area contributed by atoms with Gasteiger partial charge < -0.3 is 14.5 Å². The van der Waals surface area contributed by atoms with Crippen LogP contribution in [0.2, 0.25) is 0 Å². The number of hydrogen-bond donors (Lipinski definition) is 0. The number of nitro groups is 1. The summed E-state index contributed by atoms with van der Waals surface area (Å²) in [5.74, 6) is 0.479. The predicted octanol–water partition coefficient (Wildman–Crippen LogP) is 2.45. The maximum atomic E-state index is 13.4. The highest BCUT2D eigenvalue weighted by Gasteiger charge is 2.34. The third-order valence-electron chi connectivity index (χ3n) is 5.92. The van der Waals surface area contributed by atoms with Crippen molar-refractivity contribution >= 4 is 22.9 Å². The second-order valence-corrected chi connectivity index (χ2v) is 7.70. The number of benzene rings is 1. The van der Waals surface area contributed by atoms with Gasteiger partial charge in [0.15, 0.2) is 11.5 Å². The van der Waals surface area contributed by atoms with E-state index in [-0.39, 0.29) is 17.6 Å². The zero-order valence-corrected chi connectivity index (χ0v) is 16.9. The number of anilines is 1. The average Bonchev–Trinajstić information content (AvgIpc) is 3.45. The fourth-order valence-corrected chi connectivity index (χ4v) is 4.41. The molecule has 10 nitrogen and oxygen atoms in total. The maximum absolute atomic E-state index is 13.4. The lowest BCUT2D eigenvalue weighted by Gasteiger charge is -2.29. The Morgan fingerprint density at radius 3 is 2.77 bits per heavy atom. The first kappa shape index (κ1) is 19.4. The fraction of sp³-hybridized carbons (Fsp3) is 0.381. The normalized spacial score (nSPS) is 19.2. The van der Waals surface area contributed by atoms with Crippen LogP contribution >= 0.6 is 0 Å². The Kier molecular flexibility index (Phi) is 4.99. The molecule has 160 valence electrons. The van der Waals surface area contributed by atoms with Crippen molar-refractivity contribution < 1.29 is 14.5 Å². The van der Waals surface area contributed by atoms with E-state index in [4.69, 9.17) is 4.74 Å². The molecule has 0 saturated carbocycles. The molecule has 2 aliphatic heterocycles. The molecule has 0 unspecified atom stereocenters. The van der Waals surface area contributed by atoms with Crippen molar-refractivity contribution in [3.8, 4) is 0 Å². The van der Waals surface area contributed by atoms with E-state index in [0.29, 0.717) is 49.9 Å². The molecular formula is C21H22N6O4. The van der Waals surface area contributed by atoms with E-state index >= 15 is 0 Å². The zero-order valence-electron chi connectivity index (χ0n) is 16.9. The van der Waals surface area contributed by atoms with Gasteiger partial charge in [-0.1, -0.05) is 6.07 Å². The number of pyridine rings is 1. The quantitative estimate of drug-likeness (QED) is 0.470. The summed E-state index contributed by atoms with van der Waals surface area (Å²) in [5, 5.41) is 20.3. The molecule has 1 aromatic carbocycles. The number of hydrogen-bond acceptors (Lipinski definition) is 7. The third-order valence-corrected chi connectivity index (χ3v) is 5.92. The molecule has 10 heteroatoms. The lowest BCUT2D eigenvalue weighted by atomic mass is 10.1. The Morgan fingerprint density at radius 2 is 1.97 bits per heavy atom. The number of amides is 1. The summed E-state index contributed by atoms with van der Waals surface area (Å²) < 4.78 is 7.23. The van der Waals surface area contributed by atoms with Gasteiger partial charge in [0.2, 0.25) is 0 Å². The number of likely N-dealkylation sites (tertiary alicyclic amines) is 1. The van der Waals surface area contributed by atoms with Gasteiger partial charge in [-0.25, -0.2) is 0 Å². The van der Waals surface area contributed by atoms with Crippen LogP contribution in [-0.4, -0.2) is 63.2 Å². The molecule has 2 saturated heterocycles. The highest BCUT2D eigenvalue weighted by Crippen LogP contribution is 2.35. The Labute approximate surface area is 178 Å². The van der Waals surface area contributed by atoms with Gasteiger partial charge in [0.1, 0.15) is 5.69 Å². The van der Waals surface area contributed by atoms with Crippen molar-refractivity contribution in [1.82, 2.24) is 19.5 Å². The highest BCUT2D eigenvalue weighted by atomic mass is 16.6. The molecule has 2 aromatic heterocycles. The van der Waals surface area contributed by atoms with Crippen LogP contribution in [0.4, 0.5) is 11.4 Å². The Morgan fingerprint density at radius 1 is 1.13 bits per heavy atom. The molecule has 0 bridgehead atoms. The van der Waals surface area contributed by atoms with Gasteiger partial charge in [-0.05, 0) is 37.1 Å². The van der Waals surface area contributed by atoms with Crippen LogP contribution in [-0.2, 0) is 4.74 Å².